The Hall–Kier alpha value is -2.82. The molecule has 0 bridgehead atoms. The van der Waals surface area contributed by atoms with Crippen molar-refractivity contribution >= 4 is 21.8 Å². The molecular formula is C21H26N4O5S. The fourth-order valence-corrected chi connectivity index (χ4v) is 5.10. The van der Waals surface area contributed by atoms with Gasteiger partial charge in [0.1, 0.15) is 0 Å². The maximum atomic E-state index is 13.2. The van der Waals surface area contributed by atoms with Crippen LogP contribution in [0.5, 0.6) is 0 Å². The second kappa shape index (κ2) is 9.54. The number of pyridine rings is 1. The Kier molecular flexibility index (Phi) is 7.04. The van der Waals surface area contributed by atoms with Crippen LogP contribution in [0.15, 0.2) is 47.5 Å². The number of carbonyl (C=O) groups is 2. The van der Waals surface area contributed by atoms with Gasteiger partial charge in [0.2, 0.25) is 15.9 Å². The van der Waals surface area contributed by atoms with Crippen molar-refractivity contribution in [2.75, 3.05) is 19.8 Å². The third-order valence-electron chi connectivity index (χ3n) is 5.17. The topological polar surface area (TPSA) is 132 Å². The van der Waals surface area contributed by atoms with Crippen molar-refractivity contribution in [1.82, 2.24) is 14.6 Å². The molecule has 1 aromatic carbocycles. The summed E-state index contributed by atoms with van der Waals surface area (Å²) >= 11 is 0. The van der Waals surface area contributed by atoms with Gasteiger partial charge in [-0.1, -0.05) is 25.1 Å². The fourth-order valence-electron chi connectivity index (χ4n) is 3.61. The van der Waals surface area contributed by atoms with E-state index in [4.69, 9.17) is 10.5 Å². The molecule has 0 aliphatic carbocycles. The minimum atomic E-state index is -4.24. The Labute approximate surface area is 181 Å². The van der Waals surface area contributed by atoms with Crippen molar-refractivity contribution in [3.8, 4) is 11.3 Å². The van der Waals surface area contributed by atoms with Crippen molar-refractivity contribution in [1.29, 1.82) is 0 Å². The van der Waals surface area contributed by atoms with Gasteiger partial charge in [-0.2, -0.15) is 4.72 Å². The Bertz CT molecular complexity index is 1060. The summed E-state index contributed by atoms with van der Waals surface area (Å²) < 4.78 is 34.0. The maximum absolute atomic E-state index is 13.2. The number of primary amides is 1. The van der Waals surface area contributed by atoms with Crippen LogP contribution in [-0.4, -0.2) is 62.0 Å². The van der Waals surface area contributed by atoms with E-state index in [1.165, 1.54) is 11.0 Å². The quantitative estimate of drug-likeness (QED) is 0.602. The number of rotatable bonds is 7. The monoisotopic (exact) mass is 446 g/mol. The van der Waals surface area contributed by atoms with E-state index in [0.29, 0.717) is 36.5 Å². The van der Waals surface area contributed by atoms with Gasteiger partial charge in [0.15, 0.2) is 6.04 Å². The molecule has 2 amide bonds. The van der Waals surface area contributed by atoms with E-state index >= 15 is 0 Å². The lowest BCUT2D eigenvalue weighted by Crippen LogP contribution is -2.59. The first-order chi connectivity index (χ1) is 14.8. The van der Waals surface area contributed by atoms with E-state index in [0.717, 1.165) is 0 Å². The molecule has 3 rings (SSSR count). The van der Waals surface area contributed by atoms with Crippen LogP contribution in [0.25, 0.3) is 11.3 Å². The number of ether oxygens (including phenoxy) is 1. The summed E-state index contributed by atoms with van der Waals surface area (Å²) in [7, 11) is -4.24. The second-order valence-corrected chi connectivity index (χ2v) is 8.95. The van der Waals surface area contributed by atoms with Crippen molar-refractivity contribution in [3.63, 3.8) is 0 Å². The molecule has 0 spiro atoms. The van der Waals surface area contributed by atoms with Gasteiger partial charge in [-0.15, -0.1) is 0 Å². The third-order valence-corrected chi connectivity index (χ3v) is 6.68. The summed E-state index contributed by atoms with van der Waals surface area (Å²) in [6.45, 7) is 4.44. The maximum Gasteiger partial charge on any atom is 0.250 e. The van der Waals surface area contributed by atoms with Crippen molar-refractivity contribution < 1.29 is 22.7 Å². The molecule has 0 unspecified atom stereocenters. The van der Waals surface area contributed by atoms with Crippen molar-refractivity contribution in [3.05, 3.63) is 48.2 Å². The van der Waals surface area contributed by atoms with Gasteiger partial charge in [-0.25, -0.2) is 8.42 Å². The Balaban J connectivity index is 1.97. The standard InChI is InChI=1S/C21H26N4O5S/c1-3-15-16(17-8-4-5-10-23-17)7-6-9-18(15)31(28,29)24-19(20(22)26)21(27)25-11-12-30-13-14(25)2/h4-10,14,19,24H,3,11-13H2,1-2H3,(H2,22,26)/t14-,19-/m0/s1. The number of nitrogens with one attached hydrogen (secondary N) is 1. The Morgan fingerprint density at radius 3 is 2.68 bits per heavy atom. The number of aromatic nitrogens is 1. The number of morpholine rings is 1. The number of hydrogen-bond acceptors (Lipinski definition) is 6. The molecule has 2 aromatic rings. The molecule has 1 fully saturated rings. The lowest BCUT2D eigenvalue weighted by molar-refractivity contribution is -0.144. The lowest BCUT2D eigenvalue weighted by Gasteiger charge is -2.35. The van der Waals surface area contributed by atoms with Crippen LogP contribution in [0.4, 0.5) is 0 Å². The summed E-state index contributed by atoms with van der Waals surface area (Å²) in [6, 6.07) is 8.18. The van der Waals surface area contributed by atoms with E-state index < -0.39 is 27.9 Å². The van der Waals surface area contributed by atoms with E-state index in [-0.39, 0.29) is 17.5 Å². The van der Waals surface area contributed by atoms with Gasteiger partial charge in [0, 0.05) is 18.3 Å². The molecule has 9 nitrogen and oxygen atoms in total. The molecule has 166 valence electrons. The molecule has 1 saturated heterocycles. The van der Waals surface area contributed by atoms with Crippen LogP contribution in [0.2, 0.25) is 0 Å². The number of benzene rings is 1. The molecule has 2 atom stereocenters. The molecule has 2 heterocycles. The molecule has 31 heavy (non-hydrogen) atoms. The van der Waals surface area contributed by atoms with Crippen LogP contribution in [0.1, 0.15) is 19.4 Å². The molecule has 1 aliphatic heterocycles. The number of nitrogens with zero attached hydrogens (tertiary/aromatic N) is 2. The summed E-state index contributed by atoms with van der Waals surface area (Å²) in [5, 5.41) is 0. The highest BCUT2D eigenvalue weighted by molar-refractivity contribution is 7.89. The van der Waals surface area contributed by atoms with Gasteiger partial charge < -0.3 is 15.4 Å². The second-order valence-electron chi connectivity index (χ2n) is 7.26. The van der Waals surface area contributed by atoms with Crippen molar-refractivity contribution in [2.45, 2.75) is 37.2 Å². The fraction of sp³-hybridized carbons (Fsp3) is 0.381. The summed E-state index contributed by atoms with van der Waals surface area (Å²) in [4.78, 5) is 30.7. The summed E-state index contributed by atoms with van der Waals surface area (Å²) in [5.74, 6) is -1.75. The smallest absolute Gasteiger partial charge is 0.250 e. The summed E-state index contributed by atoms with van der Waals surface area (Å²) in [5.41, 5.74) is 7.23. The lowest BCUT2D eigenvalue weighted by atomic mass is 10.0. The van der Waals surface area contributed by atoms with Crippen LogP contribution < -0.4 is 10.5 Å². The van der Waals surface area contributed by atoms with Gasteiger partial charge in [0.05, 0.1) is 29.8 Å². The highest BCUT2D eigenvalue weighted by Crippen LogP contribution is 2.28. The first kappa shape index (κ1) is 22.9. The van der Waals surface area contributed by atoms with Gasteiger partial charge in [-0.3, -0.25) is 14.6 Å². The molecule has 0 radical (unpaired) electrons. The van der Waals surface area contributed by atoms with E-state index in [9.17, 15) is 18.0 Å². The minimum absolute atomic E-state index is 0.0211. The molecule has 1 aliphatic rings. The number of carbonyl (C=O) groups excluding carboxylic acids is 2. The van der Waals surface area contributed by atoms with Gasteiger partial charge >= 0.3 is 0 Å². The summed E-state index contributed by atoms with van der Waals surface area (Å²) in [6.07, 6.45) is 2.03. The molecule has 3 N–H and O–H groups in total. The number of amides is 2. The Morgan fingerprint density at radius 1 is 1.29 bits per heavy atom. The number of nitrogens with two attached hydrogens (primary N) is 1. The number of hydrogen-bond donors (Lipinski definition) is 2. The van der Waals surface area contributed by atoms with E-state index in [2.05, 4.69) is 9.71 Å². The van der Waals surface area contributed by atoms with Crippen LogP contribution in [0, 0.1) is 0 Å². The van der Waals surface area contributed by atoms with Crippen LogP contribution in [-0.2, 0) is 30.8 Å². The minimum Gasteiger partial charge on any atom is -0.377 e. The normalized spacial score (nSPS) is 17.9. The highest BCUT2D eigenvalue weighted by atomic mass is 32.2. The molecule has 0 saturated carbocycles. The van der Waals surface area contributed by atoms with Crippen LogP contribution >= 0.6 is 0 Å². The highest BCUT2D eigenvalue weighted by Gasteiger charge is 2.37. The van der Waals surface area contributed by atoms with Gasteiger partial charge in [0.25, 0.3) is 5.91 Å². The zero-order valence-electron chi connectivity index (χ0n) is 17.4. The number of sulfonamides is 1. The zero-order valence-corrected chi connectivity index (χ0v) is 18.3. The largest absolute Gasteiger partial charge is 0.377 e. The van der Waals surface area contributed by atoms with Crippen LogP contribution in [0.3, 0.4) is 0 Å². The molecule has 1 aromatic heterocycles. The predicted octanol–water partition coefficient (Wildman–Crippen LogP) is 0.690. The average molecular weight is 447 g/mol. The molecule has 10 heteroatoms. The first-order valence-corrected chi connectivity index (χ1v) is 11.5. The Morgan fingerprint density at radius 2 is 2.06 bits per heavy atom. The van der Waals surface area contributed by atoms with Gasteiger partial charge in [-0.05, 0) is 37.1 Å². The van der Waals surface area contributed by atoms with Crippen molar-refractivity contribution in [2.24, 2.45) is 5.73 Å². The first-order valence-electron chi connectivity index (χ1n) is 9.99. The SMILES string of the molecule is CCc1c(-c2ccccn2)cccc1S(=O)(=O)N[C@@H](C(N)=O)C(=O)N1CCOC[C@@H]1C. The average Bonchev–Trinajstić information content (AvgIpc) is 2.77. The van der Waals surface area contributed by atoms with E-state index in [1.807, 2.05) is 13.0 Å². The van der Waals surface area contributed by atoms with E-state index in [1.54, 1.807) is 37.4 Å². The predicted molar refractivity (Wildman–Crippen MR) is 114 cm³/mol. The third kappa shape index (κ3) is 4.92. The molecular weight excluding hydrogens is 420 g/mol. The zero-order chi connectivity index (χ0) is 22.6.